The van der Waals surface area contributed by atoms with Crippen LogP contribution in [0.3, 0.4) is 0 Å². The van der Waals surface area contributed by atoms with E-state index in [1.54, 1.807) is 0 Å². The van der Waals surface area contributed by atoms with Crippen molar-refractivity contribution < 1.29 is 14.6 Å². The lowest BCUT2D eigenvalue weighted by Crippen LogP contribution is -2.73. The summed E-state index contributed by atoms with van der Waals surface area (Å²) in [4.78, 5) is 0. The second kappa shape index (κ2) is 2.65. The van der Waals surface area contributed by atoms with Crippen molar-refractivity contribution in [2.24, 2.45) is 41.4 Å². The second-order valence-corrected chi connectivity index (χ2v) is 6.48. The molecule has 0 aromatic heterocycles. The van der Waals surface area contributed by atoms with E-state index in [1.165, 1.54) is 6.42 Å². The number of hydrogen-bond donors (Lipinski definition) is 1. The van der Waals surface area contributed by atoms with Crippen LogP contribution in [-0.2, 0) is 9.47 Å². The lowest BCUT2D eigenvalue weighted by Gasteiger charge is -2.75. The van der Waals surface area contributed by atoms with Gasteiger partial charge in [-0.2, -0.15) is 0 Å². The second-order valence-electron chi connectivity index (χ2n) is 6.48. The maximum atomic E-state index is 9.47. The Morgan fingerprint density at radius 3 is 2.81 bits per heavy atom. The van der Waals surface area contributed by atoms with Crippen molar-refractivity contribution in [2.45, 2.75) is 18.6 Å². The van der Waals surface area contributed by atoms with E-state index in [9.17, 15) is 5.11 Å². The van der Waals surface area contributed by atoms with Crippen molar-refractivity contribution in [2.75, 3.05) is 19.8 Å². The van der Waals surface area contributed by atoms with Gasteiger partial charge < -0.3 is 14.6 Å². The molecule has 2 saturated heterocycles. The van der Waals surface area contributed by atoms with Crippen LogP contribution in [0.25, 0.3) is 0 Å². The van der Waals surface area contributed by atoms with Gasteiger partial charge in [0, 0.05) is 6.61 Å². The number of ether oxygens (including phenoxy) is 2. The number of epoxide rings is 1. The molecule has 3 saturated carbocycles. The molecule has 3 heteroatoms. The number of hydrogen-bond acceptors (Lipinski definition) is 3. The molecule has 0 radical (unpaired) electrons. The van der Waals surface area contributed by atoms with E-state index in [0.717, 1.165) is 42.8 Å². The summed E-state index contributed by atoms with van der Waals surface area (Å²) < 4.78 is 11.5. The Hall–Kier alpha value is -0.120. The summed E-state index contributed by atoms with van der Waals surface area (Å²) in [5.74, 6) is 5.67. The zero-order valence-electron chi connectivity index (χ0n) is 9.29. The first kappa shape index (κ1) is 8.90. The lowest BCUT2D eigenvalue weighted by molar-refractivity contribution is -0.293. The zero-order chi connectivity index (χ0) is 10.4. The van der Waals surface area contributed by atoms with Crippen LogP contribution in [0.4, 0.5) is 0 Å². The van der Waals surface area contributed by atoms with E-state index < -0.39 is 0 Å². The summed E-state index contributed by atoms with van der Waals surface area (Å²) >= 11 is 0. The Kier molecular flexibility index (Phi) is 1.47. The predicted octanol–water partition coefficient (Wildman–Crippen LogP) is 0.521. The number of aliphatic hydroxyl groups excluding tert-OH is 1. The first-order valence-electron chi connectivity index (χ1n) is 6.74. The van der Waals surface area contributed by atoms with Gasteiger partial charge in [-0.15, -0.1) is 0 Å². The van der Waals surface area contributed by atoms with E-state index >= 15 is 0 Å². The molecule has 1 N–H and O–H groups in total. The van der Waals surface area contributed by atoms with Gasteiger partial charge >= 0.3 is 0 Å². The van der Waals surface area contributed by atoms with Gasteiger partial charge in [0.2, 0.25) is 0 Å². The van der Waals surface area contributed by atoms with E-state index in [0.29, 0.717) is 30.7 Å². The van der Waals surface area contributed by atoms with Crippen LogP contribution >= 0.6 is 0 Å². The molecule has 0 spiro atoms. The van der Waals surface area contributed by atoms with Gasteiger partial charge in [0.15, 0.2) is 0 Å². The highest BCUT2D eigenvalue weighted by molar-refractivity contribution is 5.21. The molecule has 2 aliphatic heterocycles. The van der Waals surface area contributed by atoms with Crippen molar-refractivity contribution in [1.29, 1.82) is 0 Å². The maximum Gasteiger partial charge on any atom is 0.108 e. The summed E-state index contributed by atoms with van der Waals surface area (Å²) in [6.07, 6.45) is 2.32. The molecule has 5 rings (SSSR count). The molecule has 3 aliphatic carbocycles. The van der Waals surface area contributed by atoms with Crippen LogP contribution in [0.1, 0.15) is 6.42 Å². The van der Waals surface area contributed by atoms with Crippen molar-refractivity contribution in [1.82, 2.24) is 0 Å². The van der Waals surface area contributed by atoms with Crippen molar-refractivity contribution in [3.8, 4) is 0 Å². The summed E-state index contributed by atoms with van der Waals surface area (Å²) in [6.45, 7) is 2.05. The first-order valence-corrected chi connectivity index (χ1v) is 6.74. The Morgan fingerprint density at radius 2 is 1.94 bits per heavy atom. The third kappa shape index (κ3) is 0.793. The third-order valence-electron chi connectivity index (χ3n) is 6.30. The average molecular weight is 222 g/mol. The molecule has 5 fully saturated rings. The molecule has 2 heterocycles. The number of aliphatic hydroxyl groups is 1. The fraction of sp³-hybridized carbons (Fsp3) is 1.00. The molecule has 3 nitrogen and oxygen atoms in total. The minimum atomic E-state index is 0.381. The molecule has 16 heavy (non-hydrogen) atoms. The summed E-state index contributed by atoms with van der Waals surface area (Å²) in [5, 5.41) is 9.47. The number of fused-ring (bicyclic) bond motifs is 3. The molecule has 88 valence electrons. The monoisotopic (exact) mass is 222 g/mol. The molecule has 0 bridgehead atoms. The van der Waals surface area contributed by atoms with Crippen LogP contribution in [-0.4, -0.2) is 37.1 Å². The Labute approximate surface area is 95.1 Å². The fourth-order valence-corrected chi connectivity index (χ4v) is 5.56. The highest BCUT2D eigenvalue weighted by Gasteiger charge is 2.74. The molecule has 5 aliphatic rings. The average Bonchev–Trinajstić information content (AvgIpc) is 2.98. The molecule has 0 amide bonds. The lowest BCUT2D eigenvalue weighted by atomic mass is 9.30. The van der Waals surface area contributed by atoms with Gasteiger partial charge in [0.05, 0.1) is 19.3 Å². The van der Waals surface area contributed by atoms with Crippen molar-refractivity contribution >= 4 is 0 Å². The molecule has 9 unspecified atom stereocenters. The van der Waals surface area contributed by atoms with E-state index in [-0.39, 0.29) is 0 Å². The van der Waals surface area contributed by atoms with E-state index in [1.807, 2.05) is 0 Å². The molecular formula is C13H18O3. The van der Waals surface area contributed by atoms with E-state index in [4.69, 9.17) is 9.47 Å². The highest BCUT2D eigenvalue weighted by atomic mass is 16.6. The van der Waals surface area contributed by atoms with Crippen LogP contribution in [0, 0.1) is 41.4 Å². The SMILES string of the molecule is OCC1C2COCC3OC3C3CC4C1C2C34. The van der Waals surface area contributed by atoms with Gasteiger partial charge in [0.1, 0.15) is 6.10 Å². The number of rotatable bonds is 1. The van der Waals surface area contributed by atoms with Crippen LogP contribution in [0.15, 0.2) is 0 Å². The summed E-state index contributed by atoms with van der Waals surface area (Å²) in [6, 6.07) is 0. The maximum absolute atomic E-state index is 9.47. The van der Waals surface area contributed by atoms with Crippen LogP contribution in [0.2, 0.25) is 0 Å². The predicted molar refractivity (Wildman–Crippen MR) is 55.6 cm³/mol. The molecule has 9 atom stereocenters. The van der Waals surface area contributed by atoms with Crippen LogP contribution < -0.4 is 0 Å². The van der Waals surface area contributed by atoms with Crippen molar-refractivity contribution in [3.05, 3.63) is 0 Å². The van der Waals surface area contributed by atoms with Gasteiger partial charge in [-0.05, 0) is 47.8 Å². The highest BCUT2D eigenvalue weighted by Crippen LogP contribution is 2.75. The summed E-state index contributed by atoms with van der Waals surface area (Å²) in [5.41, 5.74) is 0. The minimum absolute atomic E-state index is 0.381. The Bertz CT molecular complexity index is 342. The normalized spacial score (nSPS) is 69.2. The topological polar surface area (TPSA) is 42.0 Å². The Balaban J connectivity index is 1.46. The van der Waals surface area contributed by atoms with Gasteiger partial charge in [-0.3, -0.25) is 0 Å². The van der Waals surface area contributed by atoms with Crippen molar-refractivity contribution in [3.63, 3.8) is 0 Å². The van der Waals surface area contributed by atoms with Crippen LogP contribution in [0.5, 0.6) is 0 Å². The molecule has 0 aromatic carbocycles. The van der Waals surface area contributed by atoms with Gasteiger partial charge in [-0.25, -0.2) is 0 Å². The quantitative estimate of drug-likeness (QED) is 0.658. The Morgan fingerprint density at radius 1 is 1.00 bits per heavy atom. The smallest absolute Gasteiger partial charge is 0.108 e. The molecular weight excluding hydrogens is 204 g/mol. The van der Waals surface area contributed by atoms with E-state index in [2.05, 4.69) is 0 Å². The largest absolute Gasteiger partial charge is 0.396 e. The fourth-order valence-electron chi connectivity index (χ4n) is 5.56. The first-order chi connectivity index (χ1) is 7.90. The molecule has 0 aromatic rings. The van der Waals surface area contributed by atoms with Gasteiger partial charge in [0.25, 0.3) is 0 Å². The minimum Gasteiger partial charge on any atom is -0.396 e. The standard InChI is InChI=1S/C13H18O3/c14-2-7-8-3-15-4-9-13(16-9)6-1-5-10(6)12(8)11(5)7/h5-14H,1-4H2. The zero-order valence-corrected chi connectivity index (χ0v) is 9.29. The third-order valence-corrected chi connectivity index (χ3v) is 6.30. The van der Waals surface area contributed by atoms with Gasteiger partial charge in [-0.1, -0.05) is 0 Å². The summed E-state index contributed by atoms with van der Waals surface area (Å²) in [7, 11) is 0.